The van der Waals surface area contributed by atoms with Crippen LogP contribution >= 0.6 is 23.2 Å². The van der Waals surface area contributed by atoms with E-state index in [-0.39, 0.29) is 5.91 Å². The van der Waals surface area contributed by atoms with Crippen LogP contribution in [-0.4, -0.2) is 17.4 Å². The third-order valence-corrected chi connectivity index (χ3v) is 4.66. The molecule has 0 radical (unpaired) electrons. The smallest absolute Gasteiger partial charge is 0.254 e. The summed E-state index contributed by atoms with van der Waals surface area (Å²) in [5, 5.41) is 1.06. The maximum atomic E-state index is 12.7. The highest BCUT2D eigenvalue weighted by Gasteiger charge is 2.22. The minimum atomic E-state index is 0.0687. The number of aryl methyl sites for hydroxylation is 1. The average molecular weight is 320 g/mol. The molecule has 0 aromatic heterocycles. The van der Waals surface area contributed by atoms with Crippen molar-refractivity contribution in [1.82, 2.24) is 4.90 Å². The van der Waals surface area contributed by atoms with Gasteiger partial charge in [-0.25, -0.2) is 0 Å². The number of fused-ring (bicyclic) bond motifs is 1. The Labute approximate surface area is 134 Å². The molecule has 0 N–H and O–H groups in total. The van der Waals surface area contributed by atoms with Crippen molar-refractivity contribution >= 4 is 29.1 Å². The SMILES string of the molecule is O=C1c2ccccc2CCCN1Cc1cccc(Cl)c1Cl. The van der Waals surface area contributed by atoms with Crippen LogP contribution in [0.25, 0.3) is 0 Å². The lowest BCUT2D eigenvalue weighted by molar-refractivity contribution is 0.0749. The third-order valence-electron chi connectivity index (χ3n) is 3.80. The van der Waals surface area contributed by atoms with Crippen molar-refractivity contribution in [3.8, 4) is 0 Å². The van der Waals surface area contributed by atoms with E-state index in [1.165, 1.54) is 0 Å². The number of rotatable bonds is 2. The van der Waals surface area contributed by atoms with Crippen LogP contribution in [0, 0.1) is 0 Å². The Bertz CT molecular complexity index is 684. The molecule has 0 saturated heterocycles. The minimum Gasteiger partial charge on any atom is -0.334 e. The zero-order valence-electron chi connectivity index (χ0n) is 11.5. The van der Waals surface area contributed by atoms with Gasteiger partial charge < -0.3 is 4.90 Å². The highest BCUT2D eigenvalue weighted by molar-refractivity contribution is 6.42. The Morgan fingerprint density at radius 2 is 1.86 bits per heavy atom. The topological polar surface area (TPSA) is 20.3 Å². The van der Waals surface area contributed by atoms with Gasteiger partial charge in [-0.3, -0.25) is 4.79 Å². The van der Waals surface area contributed by atoms with Gasteiger partial charge >= 0.3 is 0 Å². The Morgan fingerprint density at radius 3 is 2.71 bits per heavy atom. The molecule has 1 amide bonds. The predicted octanol–water partition coefficient (Wildman–Crippen LogP) is 4.58. The summed E-state index contributed by atoms with van der Waals surface area (Å²) >= 11 is 12.3. The zero-order chi connectivity index (χ0) is 14.8. The fourth-order valence-electron chi connectivity index (χ4n) is 2.71. The predicted molar refractivity (Wildman–Crippen MR) is 86.0 cm³/mol. The molecule has 1 aliphatic rings. The summed E-state index contributed by atoms with van der Waals surface area (Å²) in [6, 6.07) is 13.4. The van der Waals surface area contributed by atoms with Gasteiger partial charge in [-0.05, 0) is 36.1 Å². The van der Waals surface area contributed by atoms with Crippen molar-refractivity contribution < 1.29 is 4.79 Å². The molecule has 108 valence electrons. The molecule has 2 nitrogen and oxygen atoms in total. The van der Waals surface area contributed by atoms with E-state index in [4.69, 9.17) is 23.2 Å². The molecule has 0 spiro atoms. The fraction of sp³-hybridized carbons (Fsp3) is 0.235. The normalized spacial score (nSPS) is 14.8. The number of hydrogen-bond donors (Lipinski definition) is 0. The molecule has 0 atom stereocenters. The van der Waals surface area contributed by atoms with E-state index in [1.54, 1.807) is 6.07 Å². The third kappa shape index (κ3) is 2.92. The number of amides is 1. The van der Waals surface area contributed by atoms with Crippen LogP contribution in [0.15, 0.2) is 42.5 Å². The van der Waals surface area contributed by atoms with Crippen LogP contribution in [0.1, 0.15) is 27.9 Å². The minimum absolute atomic E-state index is 0.0687. The Balaban J connectivity index is 1.90. The van der Waals surface area contributed by atoms with E-state index >= 15 is 0 Å². The molecule has 1 heterocycles. The lowest BCUT2D eigenvalue weighted by Crippen LogP contribution is -2.30. The fourth-order valence-corrected chi connectivity index (χ4v) is 3.09. The van der Waals surface area contributed by atoms with Gasteiger partial charge in [-0.1, -0.05) is 53.5 Å². The number of hydrogen-bond acceptors (Lipinski definition) is 1. The molecular formula is C17H15Cl2NO. The molecule has 1 aliphatic heterocycles. The number of halogens is 2. The van der Waals surface area contributed by atoms with Crippen LogP contribution in [0.3, 0.4) is 0 Å². The van der Waals surface area contributed by atoms with Crippen LogP contribution in [0.4, 0.5) is 0 Å². The van der Waals surface area contributed by atoms with Gasteiger partial charge in [-0.2, -0.15) is 0 Å². The maximum Gasteiger partial charge on any atom is 0.254 e. The molecule has 2 aromatic rings. The van der Waals surface area contributed by atoms with Gasteiger partial charge in [0.05, 0.1) is 10.0 Å². The van der Waals surface area contributed by atoms with Crippen molar-refractivity contribution in [1.29, 1.82) is 0 Å². The monoisotopic (exact) mass is 319 g/mol. The number of carbonyl (C=O) groups excluding carboxylic acids is 1. The highest BCUT2D eigenvalue weighted by atomic mass is 35.5. The van der Waals surface area contributed by atoms with Crippen LogP contribution in [-0.2, 0) is 13.0 Å². The first kappa shape index (κ1) is 14.4. The Kier molecular flexibility index (Phi) is 4.18. The summed E-state index contributed by atoms with van der Waals surface area (Å²) in [5.41, 5.74) is 2.81. The quantitative estimate of drug-likeness (QED) is 0.793. The second-order valence-corrected chi connectivity index (χ2v) is 5.99. The van der Waals surface area contributed by atoms with Crippen LogP contribution < -0.4 is 0 Å². The molecular weight excluding hydrogens is 305 g/mol. The molecule has 0 bridgehead atoms. The van der Waals surface area contributed by atoms with E-state index in [2.05, 4.69) is 0 Å². The molecule has 3 rings (SSSR count). The van der Waals surface area contributed by atoms with Gasteiger partial charge in [0.15, 0.2) is 0 Å². The maximum absolute atomic E-state index is 12.7. The van der Waals surface area contributed by atoms with Crippen molar-refractivity contribution in [2.24, 2.45) is 0 Å². The van der Waals surface area contributed by atoms with E-state index < -0.39 is 0 Å². The highest BCUT2D eigenvalue weighted by Crippen LogP contribution is 2.28. The van der Waals surface area contributed by atoms with Crippen molar-refractivity contribution in [3.05, 3.63) is 69.2 Å². The van der Waals surface area contributed by atoms with Crippen LogP contribution in [0.5, 0.6) is 0 Å². The summed E-state index contributed by atoms with van der Waals surface area (Å²) in [5.74, 6) is 0.0687. The zero-order valence-corrected chi connectivity index (χ0v) is 13.0. The Morgan fingerprint density at radius 1 is 1.05 bits per heavy atom. The molecule has 0 fully saturated rings. The summed E-state index contributed by atoms with van der Waals surface area (Å²) < 4.78 is 0. The Hall–Kier alpha value is -1.51. The van der Waals surface area contributed by atoms with E-state index in [1.807, 2.05) is 41.3 Å². The van der Waals surface area contributed by atoms with E-state index in [0.29, 0.717) is 16.6 Å². The first-order valence-corrected chi connectivity index (χ1v) is 7.72. The number of nitrogens with zero attached hydrogens (tertiary/aromatic N) is 1. The van der Waals surface area contributed by atoms with Crippen LogP contribution in [0.2, 0.25) is 10.0 Å². The van der Waals surface area contributed by atoms with Crippen molar-refractivity contribution in [2.45, 2.75) is 19.4 Å². The van der Waals surface area contributed by atoms with E-state index in [0.717, 1.165) is 36.1 Å². The average Bonchev–Trinajstić information content (AvgIpc) is 2.65. The largest absolute Gasteiger partial charge is 0.334 e. The summed E-state index contributed by atoms with van der Waals surface area (Å²) in [4.78, 5) is 14.5. The molecule has 0 unspecified atom stereocenters. The summed E-state index contributed by atoms with van der Waals surface area (Å²) in [6.45, 7) is 1.23. The van der Waals surface area contributed by atoms with Gasteiger partial charge in [0.25, 0.3) is 5.91 Å². The second-order valence-electron chi connectivity index (χ2n) is 5.20. The van der Waals surface area contributed by atoms with Gasteiger partial charge in [0.2, 0.25) is 0 Å². The first-order valence-electron chi connectivity index (χ1n) is 6.97. The van der Waals surface area contributed by atoms with E-state index in [9.17, 15) is 4.79 Å². The standard InChI is InChI=1S/C17H15Cl2NO/c18-15-9-3-6-13(16(15)19)11-20-10-4-7-12-5-1-2-8-14(12)17(20)21/h1-3,5-6,8-9H,4,7,10-11H2. The van der Waals surface area contributed by atoms with Crippen molar-refractivity contribution in [3.63, 3.8) is 0 Å². The second kappa shape index (κ2) is 6.08. The van der Waals surface area contributed by atoms with Gasteiger partial charge in [-0.15, -0.1) is 0 Å². The lowest BCUT2D eigenvalue weighted by atomic mass is 10.0. The number of benzene rings is 2. The van der Waals surface area contributed by atoms with Gasteiger partial charge in [0.1, 0.15) is 0 Å². The molecule has 21 heavy (non-hydrogen) atoms. The lowest BCUT2D eigenvalue weighted by Gasteiger charge is -2.22. The number of carbonyl (C=O) groups is 1. The van der Waals surface area contributed by atoms with Gasteiger partial charge in [0, 0.05) is 18.7 Å². The first-order chi connectivity index (χ1) is 10.2. The molecule has 2 aromatic carbocycles. The molecule has 0 saturated carbocycles. The van der Waals surface area contributed by atoms with Crippen molar-refractivity contribution in [2.75, 3.05) is 6.54 Å². The summed E-state index contributed by atoms with van der Waals surface area (Å²) in [7, 11) is 0. The molecule has 0 aliphatic carbocycles. The molecule has 4 heteroatoms. The summed E-state index contributed by atoms with van der Waals surface area (Å²) in [6.07, 6.45) is 1.89.